The second-order valence-corrected chi connectivity index (χ2v) is 5.47. The van der Waals surface area contributed by atoms with Crippen LogP contribution < -0.4 is 5.32 Å². The van der Waals surface area contributed by atoms with E-state index in [0.717, 1.165) is 12.1 Å². The minimum atomic E-state index is -3.08. The topological polar surface area (TPSA) is 72.0 Å². The molecule has 1 heterocycles. The van der Waals surface area contributed by atoms with Crippen LogP contribution in [0.25, 0.3) is 0 Å². The molecule has 0 radical (unpaired) electrons. The molecule has 1 N–H and O–H groups in total. The van der Waals surface area contributed by atoms with Crippen molar-refractivity contribution in [1.29, 1.82) is 0 Å². The lowest BCUT2D eigenvalue weighted by atomic mass is 10.3. The summed E-state index contributed by atoms with van der Waals surface area (Å²) >= 11 is 0. The van der Waals surface area contributed by atoms with E-state index in [9.17, 15) is 8.42 Å². The van der Waals surface area contributed by atoms with E-state index >= 15 is 0 Å². The predicted octanol–water partition coefficient (Wildman–Crippen LogP) is 0.625. The Balaban J connectivity index is 3.07. The van der Waals surface area contributed by atoms with Gasteiger partial charge in [-0.25, -0.2) is 18.4 Å². The third kappa shape index (κ3) is 3.83. The maximum Gasteiger partial charge on any atom is 0.154 e. The van der Waals surface area contributed by atoms with E-state index < -0.39 is 9.84 Å². The highest BCUT2D eigenvalue weighted by atomic mass is 32.2. The minimum absolute atomic E-state index is 0.116. The SMILES string of the molecule is CCc1cc(NC)nc(CS(C)(=O)=O)n1. The number of rotatable bonds is 4. The van der Waals surface area contributed by atoms with E-state index in [1.165, 1.54) is 6.26 Å². The highest BCUT2D eigenvalue weighted by Gasteiger charge is 2.09. The molecular weight excluding hydrogens is 214 g/mol. The van der Waals surface area contributed by atoms with Crippen LogP contribution in [0.15, 0.2) is 6.07 Å². The van der Waals surface area contributed by atoms with Crippen LogP contribution in [-0.2, 0) is 22.0 Å². The molecule has 0 atom stereocenters. The number of aromatic nitrogens is 2. The van der Waals surface area contributed by atoms with Crippen molar-refractivity contribution >= 4 is 15.7 Å². The van der Waals surface area contributed by atoms with Crippen LogP contribution in [0.4, 0.5) is 5.82 Å². The van der Waals surface area contributed by atoms with Gasteiger partial charge in [-0.05, 0) is 6.42 Å². The fraction of sp³-hybridized carbons (Fsp3) is 0.556. The average molecular weight is 229 g/mol. The molecule has 0 aliphatic rings. The molecule has 0 bridgehead atoms. The fourth-order valence-corrected chi connectivity index (χ4v) is 1.76. The Bertz CT molecular complexity index is 420. The summed E-state index contributed by atoms with van der Waals surface area (Å²) in [5, 5.41) is 2.88. The number of nitrogens with one attached hydrogen (secondary N) is 1. The molecule has 15 heavy (non-hydrogen) atoms. The number of hydrogen-bond acceptors (Lipinski definition) is 5. The van der Waals surface area contributed by atoms with E-state index in [4.69, 9.17) is 0 Å². The Morgan fingerprint density at radius 3 is 2.53 bits per heavy atom. The third-order valence-corrected chi connectivity index (χ3v) is 2.62. The van der Waals surface area contributed by atoms with Gasteiger partial charge in [0.15, 0.2) is 9.84 Å². The maximum absolute atomic E-state index is 11.1. The smallest absolute Gasteiger partial charge is 0.154 e. The van der Waals surface area contributed by atoms with E-state index in [1.807, 2.05) is 13.0 Å². The zero-order valence-corrected chi connectivity index (χ0v) is 9.93. The number of aryl methyl sites for hydroxylation is 1. The van der Waals surface area contributed by atoms with Crippen molar-refractivity contribution in [3.8, 4) is 0 Å². The molecular formula is C9H15N3O2S. The predicted molar refractivity (Wildman–Crippen MR) is 59.5 cm³/mol. The summed E-state index contributed by atoms with van der Waals surface area (Å²) in [7, 11) is -1.34. The normalized spacial score (nSPS) is 11.4. The van der Waals surface area contributed by atoms with Crippen LogP contribution in [0.5, 0.6) is 0 Å². The Kier molecular flexibility index (Phi) is 3.62. The summed E-state index contributed by atoms with van der Waals surface area (Å²) in [5.41, 5.74) is 0.841. The van der Waals surface area contributed by atoms with Crippen LogP contribution in [0.3, 0.4) is 0 Å². The first kappa shape index (κ1) is 11.9. The average Bonchev–Trinajstić information content (AvgIpc) is 2.14. The van der Waals surface area contributed by atoms with Crippen LogP contribution in [-0.4, -0.2) is 31.7 Å². The van der Waals surface area contributed by atoms with Gasteiger partial charge in [0.1, 0.15) is 17.4 Å². The molecule has 0 amide bonds. The second-order valence-electron chi connectivity index (χ2n) is 3.33. The van der Waals surface area contributed by atoms with E-state index in [2.05, 4.69) is 15.3 Å². The molecule has 1 aromatic rings. The first-order valence-corrected chi connectivity index (χ1v) is 6.73. The molecule has 0 aliphatic heterocycles. The first-order chi connectivity index (χ1) is 6.94. The summed E-state index contributed by atoms with van der Waals surface area (Å²) in [6, 6.07) is 1.81. The van der Waals surface area contributed by atoms with Gasteiger partial charge in [0.25, 0.3) is 0 Å². The summed E-state index contributed by atoms with van der Waals surface area (Å²) in [4.78, 5) is 8.24. The Hall–Kier alpha value is -1.17. The molecule has 0 fully saturated rings. The van der Waals surface area contributed by atoms with Gasteiger partial charge in [0.2, 0.25) is 0 Å². The van der Waals surface area contributed by atoms with Crippen LogP contribution >= 0.6 is 0 Å². The van der Waals surface area contributed by atoms with Gasteiger partial charge in [-0.1, -0.05) is 6.92 Å². The molecule has 0 saturated heterocycles. The van der Waals surface area contributed by atoms with Gasteiger partial charge in [0, 0.05) is 25.1 Å². The van der Waals surface area contributed by atoms with E-state index in [-0.39, 0.29) is 5.75 Å². The van der Waals surface area contributed by atoms with Crippen LogP contribution in [0, 0.1) is 0 Å². The van der Waals surface area contributed by atoms with Crippen molar-refractivity contribution in [2.24, 2.45) is 0 Å². The van der Waals surface area contributed by atoms with Crippen LogP contribution in [0.2, 0.25) is 0 Å². The number of anilines is 1. The van der Waals surface area contributed by atoms with Crippen molar-refractivity contribution in [2.45, 2.75) is 19.1 Å². The molecule has 84 valence electrons. The lowest BCUT2D eigenvalue weighted by molar-refractivity contribution is 0.599. The fourth-order valence-electron chi connectivity index (χ4n) is 1.16. The summed E-state index contributed by atoms with van der Waals surface area (Å²) in [5.74, 6) is 0.886. The van der Waals surface area contributed by atoms with Crippen LogP contribution in [0.1, 0.15) is 18.4 Å². The molecule has 0 saturated carbocycles. The Labute approximate surface area is 89.9 Å². The van der Waals surface area contributed by atoms with Crippen molar-refractivity contribution in [3.63, 3.8) is 0 Å². The van der Waals surface area contributed by atoms with Crippen molar-refractivity contribution in [2.75, 3.05) is 18.6 Å². The Morgan fingerprint density at radius 1 is 1.40 bits per heavy atom. The molecule has 1 rings (SSSR count). The summed E-state index contributed by atoms with van der Waals surface area (Å²) < 4.78 is 22.2. The summed E-state index contributed by atoms with van der Waals surface area (Å²) in [6.07, 6.45) is 1.93. The lowest BCUT2D eigenvalue weighted by Gasteiger charge is -2.05. The van der Waals surface area contributed by atoms with E-state index in [0.29, 0.717) is 11.6 Å². The monoisotopic (exact) mass is 229 g/mol. The van der Waals surface area contributed by atoms with Crippen molar-refractivity contribution in [3.05, 3.63) is 17.6 Å². The number of nitrogens with zero attached hydrogens (tertiary/aromatic N) is 2. The minimum Gasteiger partial charge on any atom is -0.373 e. The molecule has 5 nitrogen and oxygen atoms in total. The number of sulfone groups is 1. The number of hydrogen-bond donors (Lipinski definition) is 1. The van der Waals surface area contributed by atoms with Gasteiger partial charge in [-0.15, -0.1) is 0 Å². The van der Waals surface area contributed by atoms with E-state index in [1.54, 1.807) is 7.05 Å². The largest absolute Gasteiger partial charge is 0.373 e. The first-order valence-electron chi connectivity index (χ1n) is 4.67. The van der Waals surface area contributed by atoms with Gasteiger partial charge < -0.3 is 5.32 Å². The second kappa shape index (κ2) is 4.57. The van der Waals surface area contributed by atoms with Crippen molar-refractivity contribution < 1.29 is 8.42 Å². The highest BCUT2D eigenvalue weighted by molar-refractivity contribution is 7.89. The standard InChI is InChI=1S/C9H15N3O2S/c1-4-7-5-8(10-2)12-9(11-7)6-15(3,13)14/h5H,4,6H2,1-3H3,(H,10,11,12). The molecule has 6 heteroatoms. The third-order valence-electron chi connectivity index (χ3n) is 1.84. The highest BCUT2D eigenvalue weighted by Crippen LogP contribution is 2.08. The lowest BCUT2D eigenvalue weighted by Crippen LogP contribution is -2.08. The quantitative estimate of drug-likeness (QED) is 0.819. The molecule has 0 unspecified atom stereocenters. The van der Waals surface area contributed by atoms with Gasteiger partial charge in [-0.3, -0.25) is 0 Å². The molecule has 0 aliphatic carbocycles. The molecule has 0 aromatic carbocycles. The molecule has 1 aromatic heterocycles. The van der Waals surface area contributed by atoms with Gasteiger partial charge >= 0.3 is 0 Å². The van der Waals surface area contributed by atoms with Gasteiger partial charge in [0.05, 0.1) is 0 Å². The zero-order valence-electron chi connectivity index (χ0n) is 9.11. The van der Waals surface area contributed by atoms with Crippen molar-refractivity contribution in [1.82, 2.24) is 9.97 Å². The molecule has 0 spiro atoms. The zero-order chi connectivity index (χ0) is 11.5. The maximum atomic E-state index is 11.1. The van der Waals surface area contributed by atoms with Gasteiger partial charge in [-0.2, -0.15) is 0 Å². The Morgan fingerprint density at radius 2 is 2.07 bits per heavy atom. The summed E-state index contributed by atoms with van der Waals surface area (Å²) in [6.45, 7) is 1.96.